The highest BCUT2D eigenvalue weighted by Gasteiger charge is 2.29. The van der Waals surface area contributed by atoms with Crippen molar-refractivity contribution in [3.8, 4) is 11.1 Å². The minimum atomic E-state index is -0.330. The quantitative estimate of drug-likeness (QED) is 0.546. The molecule has 6 nitrogen and oxygen atoms in total. The minimum absolute atomic E-state index is 0.0382. The molecule has 156 valence electrons. The molecule has 0 atom stereocenters. The molecule has 0 radical (unpaired) electrons. The molecule has 0 spiro atoms. The Morgan fingerprint density at radius 3 is 1.90 bits per heavy atom. The lowest BCUT2D eigenvalue weighted by Gasteiger charge is -2.09. The summed E-state index contributed by atoms with van der Waals surface area (Å²) in [5.41, 5.74) is 3.87. The van der Waals surface area contributed by atoms with E-state index < -0.39 is 0 Å². The van der Waals surface area contributed by atoms with E-state index in [2.05, 4.69) is 16.0 Å². The normalized spacial score (nSPS) is 12.6. The van der Waals surface area contributed by atoms with Crippen molar-refractivity contribution < 1.29 is 14.4 Å². The van der Waals surface area contributed by atoms with E-state index in [9.17, 15) is 14.4 Å². The van der Waals surface area contributed by atoms with Crippen LogP contribution in [0.15, 0.2) is 78.9 Å². The monoisotopic (exact) mass is 413 g/mol. The average Bonchev–Trinajstić information content (AvgIpc) is 3.65. The fourth-order valence-electron chi connectivity index (χ4n) is 3.14. The molecule has 31 heavy (non-hydrogen) atoms. The maximum atomic E-state index is 12.3. The van der Waals surface area contributed by atoms with Crippen molar-refractivity contribution in [3.05, 3.63) is 84.4 Å². The Balaban J connectivity index is 1.25. The fourth-order valence-corrected chi connectivity index (χ4v) is 3.14. The van der Waals surface area contributed by atoms with Crippen molar-refractivity contribution in [3.63, 3.8) is 0 Å². The second kappa shape index (κ2) is 9.26. The lowest BCUT2D eigenvalue weighted by atomic mass is 10.0. The molecule has 3 N–H and O–H groups in total. The Hall–Kier alpha value is -3.93. The largest absolute Gasteiger partial charge is 0.343 e. The van der Waals surface area contributed by atoms with Crippen molar-refractivity contribution in [1.82, 2.24) is 5.32 Å². The number of hydrogen-bond acceptors (Lipinski definition) is 3. The lowest BCUT2D eigenvalue weighted by Crippen LogP contribution is -2.32. The first kappa shape index (κ1) is 20.3. The van der Waals surface area contributed by atoms with Gasteiger partial charge in [-0.15, -0.1) is 0 Å². The first-order valence-electron chi connectivity index (χ1n) is 10.2. The van der Waals surface area contributed by atoms with E-state index in [1.165, 1.54) is 0 Å². The molecule has 1 aliphatic rings. The van der Waals surface area contributed by atoms with E-state index in [0.717, 1.165) is 24.0 Å². The van der Waals surface area contributed by atoms with Crippen LogP contribution in [0.5, 0.6) is 0 Å². The molecule has 4 rings (SSSR count). The SMILES string of the molecule is O=C(CNC(=O)c1ccc(-c2ccccc2)cc1)Nc1ccc(NC(=O)C2CC2)cc1. The molecule has 1 fully saturated rings. The van der Waals surface area contributed by atoms with Crippen LogP contribution in [-0.2, 0) is 9.59 Å². The summed E-state index contributed by atoms with van der Waals surface area (Å²) in [7, 11) is 0. The van der Waals surface area contributed by atoms with Crippen LogP contribution in [0.1, 0.15) is 23.2 Å². The Morgan fingerprint density at radius 2 is 1.29 bits per heavy atom. The first-order chi connectivity index (χ1) is 15.1. The molecule has 3 amide bonds. The van der Waals surface area contributed by atoms with Crippen LogP contribution >= 0.6 is 0 Å². The molecule has 0 bridgehead atoms. The van der Waals surface area contributed by atoms with Crippen LogP contribution in [0.2, 0.25) is 0 Å². The third-order valence-electron chi connectivity index (χ3n) is 5.05. The van der Waals surface area contributed by atoms with Gasteiger partial charge in [0.15, 0.2) is 0 Å². The standard InChI is InChI=1S/C25H23N3O3/c29-23(27-21-12-14-22(15-13-21)28-25(31)20-10-11-20)16-26-24(30)19-8-6-18(7-9-19)17-4-2-1-3-5-17/h1-9,12-15,20H,10-11,16H2,(H,26,30)(H,27,29)(H,28,31). The highest BCUT2D eigenvalue weighted by molar-refractivity contribution is 6.00. The Labute approximate surface area is 180 Å². The number of anilines is 2. The highest BCUT2D eigenvalue weighted by atomic mass is 16.2. The summed E-state index contributed by atoms with van der Waals surface area (Å²) >= 11 is 0. The van der Waals surface area contributed by atoms with Gasteiger partial charge in [-0.1, -0.05) is 42.5 Å². The van der Waals surface area contributed by atoms with Crippen molar-refractivity contribution in [2.45, 2.75) is 12.8 Å². The number of benzene rings is 3. The zero-order chi connectivity index (χ0) is 21.6. The topological polar surface area (TPSA) is 87.3 Å². The van der Waals surface area contributed by atoms with Gasteiger partial charge in [0.25, 0.3) is 5.91 Å². The average molecular weight is 413 g/mol. The Morgan fingerprint density at radius 1 is 0.710 bits per heavy atom. The number of hydrogen-bond donors (Lipinski definition) is 3. The van der Waals surface area contributed by atoms with Gasteiger partial charge in [-0.05, 0) is 60.4 Å². The van der Waals surface area contributed by atoms with E-state index in [-0.39, 0.29) is 30.2 Å². The van der Waals surface area contributed by atoms with E-state index in [0.29, 0.717) is 16.9 Å². The molecule has 3 aromatic carbocycles. The Kier molecular flexibility index (Phi) is 6.08. The van der Waals surface area contributed by atoms with Gasteiger partial charge in [0, 0.05) is 22.9 Å². The zero-order valence-corrected chi connectivity index (χ0v) is 16.9. The van der Waals surface area contributed by atoms with Crippen molar-refractivity contribution >= 4 is 29.1 Å². The summed E-state index contributed by atoms with van der Waals surface area (Å²) in [5, 5.41) is 8.20. The molecular formula is C25H23N3O3. The van der Waals surface area contributed by atoms with Gasteiger partial charge in [-0.2, -0.15) is 0 Å². The van der Waals surface area contributed by atoms with Crippen molar-refractivity contribution in [2.75, 3.05) is 17.2 Å². The molecule has 6 heteroatoms. The summed E-state index contributed by atoms with van der Waals surface area (Å²) in [5.74, 6) is -0.467. The zero-order valence-electron chi connectivity index (χ0n) is 16.9. The molecule has 0 aromatic heterocycles. The Bertz CT molecular complexity index is 1070. The van der Waals surface area contributed by atoms with Gasteiger partial charge in [0.05, 0.1) is 6.54 Å². The van der Waals surface area contributed by atoms with E-state index in [1.807, 2.05) is 42.5 Å². The van der Waals surface area contributed by atoms with Crippen LogP contribution in [0.25, 0.3) is 11.1 Å². The van der Waals surface area contributed by atoms with Gasteiger partial charge >= 0.3 is 0 Å². The molecule has 3 aromatic rings. The van der Waals surface area contributed by atoms with Crippen LogP contribution in [-0.4, -0.2) is 24.3 Å². The molecular weight excluding hydrogens is 390 g/mol. The third-order valence-corrected chi connectivity index (χ3v) is 5.05. The van der Waals surface area contributed by atoms with Gasteiger partial charge in [-0.25, -0.2) is 0 Å². The summed E-state index contributed by atoms with van der Waals surface area (Å²) in [6.45, 7) is -0.139. The first-order valence-corrected chi connectivity index (χ1v) is 10.2. The van der Waals surface area contributed by atoms with Gasteiger partial charge in [0.2, 0.25) is 11.8 Å². The molecule has 1 aliphatic carbocycles. The molecule has 1 saturated carbocycles. The lowest BCUT2D eigenvalue weighted by molar-refractivity contribution is -0.117. The van der Waals surface area contributed by atoms with Crippen LogP contribution < -0.4 is 16.0 Å². The van der Waals surface area contributed by atoms with E-state index in [4.69, 9.17) is 0 Å². The molecule has 0 unspecified atom stereocenters. The highest BCUT2D eigenvalue weighted by Crippen LogP contribution is 2.30. The van der Waals surface area contributed by atoms with Crippen LogP contribution in [0, 0.1) is 5.92 Å². The van der Waals surface area contributed by atoms with Gasteiger partial charge in [-0.3, -0.25) is 14.4 Å². The molecule has 0 heterocycles. The van der Waals surface area contributed by atoms with Gasteiger partial charge < -0.3 is 16.0 Å². The van der Waals surface area contributed by atoms with Crippen molar-refractivity contribution in [2.24, 2.45) is 5.92 Å². The van der Waals surface area contributed by atoms with Crippen LogP contribution in [0.4, 0.5) is 11.4 Å². The maximum absolute atomic E-state index is 12.3. The second-order valence-corrected chi connectivity index (χ2v) is 7.52. The van der Waals surface area contributed by atoms with E-state index >= 15 is 0 Å². The van der Waals surface area contributed by atoms with Crippen LogP contribution in [0.3, 0.4) is 0 Å². The van der Waals surface area contributed by atoms with E-state index in [1.54, 1.807) is 36.4 Å². The summed E-state index contributed by atoms with van der Waals surface area (Å²) in [6.07, 6.45) is 1.89. The predicted molar refractivity (Wildman–Crippen MR) is 121 cm³/mol. The predicted octanol–water partition coefficient (Wildman–Crippen LogP) is 4.07. The molecule has 0 aliphatic heterocycles. The second-order valence-electron chi connectivity index (χ2n) is 7.52. The number of carbonyl (C=O) groups is 3. The third kappa shape index (κ3) is 5.57. The molecule has 0 saturated heterocycles. The number of nitrogens with one attached hydrogen (secondary N) is 3. The fraction of sp³-hybridized carbons (Fsp3) is 0.160. The maximum Gasteiger partial charge on any atom is 0.251 e. The van der Waals surface area contributed by atoms with Crippen molar-refractivity contribution in [1.29, 1.82) is 0 Å². The number of amides is 3. The number of carbonyl (C=O) groups excluding carboxylic acids is 3. The smallest absolute Gasteiger partial charge is 0.251 e. The van der Waals surface area contributed by atoms with Gasteiger partial charge in [0.1, 0.15) is 0 Å². The summed E-state index contributed by atoms with van der Waals surface area (Å²) in [4.78, 5) is 36.3. The minimum Gasteiger partial charge on any atom is -0.343 e. The summed E-state index contributed by atoms with van der Waals surface area (Å²) < 4.78 is 0. The number of rotatable bonds is 7. The summed E-state index contributed by atoms with van der Waals surface area (Å²) in [6, 6.07) is 24.0.